The van der Waals surface area contributed by atoms with Crippen molar-refractivity contribution in [2.24, 2.45) is 0 Å². The van der Waals surface area contributed by atoms with Gasteiger partial charge in [-0.1, -0.05) is 12.1 Å². The number of nitrogens with zero attached hydrogens (tertiary/aromatic N) is 1. The fourth-order valence-corrected chi connectivity index (χ4v) is 2.43. The van der Waals surface area contributed by atoms with Crippen LogP contribution in [0.4, 0.5) is 5.00 Å². The smallest absolute Gasteiger partial charge is 0.242 e. The first-order valence-corrected chi connectivity index (χ1v) is 6.38. The summed E-state index contributed by atoms with van der Waals surface area (Å²) in [5.41, 5.74) is 0.961. The van der Waals surface area contributed by atoms with Gasteiger partial charge in [-0.05, 0) is 37.5 Å². The van der Waals surface area contributed by atoms with Crippen LogP contribution in [0.25, 0.3) is 10.9 Å². The molecule has 2 N–H and O–H groups in total. The first-order chi connectivity index (χ1) is 8.22. The Morgan fingerprint density at radius 1 is 1.47 bits per heavy atom. The Hall–Kier alpha value is -1.62. The molecule has 0 radical (unpaired) electrons. The SMILES string of the molecule is CCNC(=O)C(C)Nc1snc2ccccc12. The van der Waals surface area contributed by atoms with Gasteiger partial charge < -0.3 is 10.6 Å². The lowest BCUT2D eigenvalue weighted by Crippen LogP contribution is -2.37. The standard InChI is InChI=1S/C12H15N3OS/c1-3-13-11(16)8(2)14-12-9-6-4-5-7-10(9)15-17-12/h4-8,14H,3H2,1-2H3,(H,13,16). The average molecular weight is 249 g/mol. The van der Waals surface area contributed by atoms with Gasteiger partial charge in [0.15, 0.2) is 0 Å². The molecule has 0 aliphatic heterocycles. The van der Waals surface area contributed by atoms with Crippen LogP contribution in [0.15, 0.2) is 24.3 Å². The second kappa shape index (κ2) is 5.14. The molecule has 1 heterocycles. The quantitative estimate of drug-likeness (QED) is 0.873. The van der Waals surface area contributed by atoms with Crippen molar-refractivity contribution in [3.8, 4) is 0 Å². The first-order valence-electron chi connectivity index (χ1n) is 5.61. The maximum atomic E-state index is 11.6. The zero-order valence-electron chi connectivity index (χ0n) is 9.86. The average Bonchev–Trinajstić information content (AvgIpc) is 2.73. The Morgan fingerprint density at radius 2 is 2.24 bits per heavy atom. The Labute approximate surface area is 104 Å². The van der Waals surface area contributed by atoms with E-state index in [1.165, 1.54) is 11.5 Å². The molecule has 0 spiro atoms. The summed E-state index contributed by atoms with van der Waals surface area (Å²) in [6.07, 6.45) is 0. The van der Waals surface area contributed by atoms with Gasteiger partial charge in [0.1, 0.15) is 11.0 Å². The zero-order chi connectivity index (χ0) is 12.3. The molecule has 0 aliphatic carbocycles. The Bertz CT molecular complexity index is 523. The van der Waals surface area contributed by atoms with E-state index in [9.17, 15) is 4.79 Å². The van der Waals surface area contributed by atoms with E-state index in [1.807, 2.05) is 38.1 Å². The maximum absolute atomic E-state index is 11.6. The van der Waals surface area contributed by atoms with Crippen LogP contribution in [-0.4, -0.2) is 22.9 Å². The summed E-state index contributed by atoms with van der Waals surface area (Å²) in [5, 5.41) is 7.99. The van der Waals surface area contributed by atoms with Gasteiger partial charge in [-0.2, -0.15) is 4.37 Å². The van der Waals surface area contributed by atoms with Crippen molar-refractivity contribution in [2.45, 2.75) is 19.9 Å². The van der Waals surface area contributed by atoms with Crippen molar-refractivity contribution < 1.29 is 4.79 Å². The highest BCUT2D eigenvalue weighted by molar-refractivity contribution is 7.11. The van der Waals surface area contributed by atoms with Crippen LogP contribution in [0.5, 0.6) is 0 Å². The number of amides is 1. The van der Waals surface area contributed by atoms with Gasteiger partial charge in [-0.15, -0.1) is 0 Å². The number of nitrogens with one attached hydrogen (secondary N) is 2. The summed E-state index contributed by atoms with van der Waals surface area (Å²) in [6, 6.07) is 7.65. The third kappa shape index (κ3) is 2.55. The van der Waals surface area contributed by atoms with Gasteiger partial charge in [0.05, 0.1) is 5.52 Å². The van der Waals surface area contributed by atoms with Gasteiger partial charge in [0.25, 0.3) is 0 Å². The minimum Gasteiger partial charge on any atom is -0.364 e. The van der Waals surface area contributed by atoms with Crippen LogP contribution in [0, 0.1) is 0 Å². The van der Waals surface area contributed by atoms with E-state index in [2.05, 4.69) is 15.0 Å². The van der Waals surface area contributed by atoms with E-state index < -0.39 is 0 Å². The normalized spacial score (nSPS) is 12.4. The van der Waals surface area contributed by atoms with E-state index >= 15 is 0 Å². The molecular formula is C12H15N3OS. The number of anilines is 1. The predicted octanol–water partition coefficient (Wildman–Crippen LogP) is 2.23. The molecule has 1 amide bonds. The largest absolute Gasteiger partial charge is 0.364 e. The van der Waals surface area contributed by atoms with Gasteiger partial charge in [0.2, 0.25) is 5.91 Å². The highest BCUT2D eigenvalue weighted by Gasteiger charge is 2.14. The van der Waals surface area contributed by atoms with Crippen LogP contribution < -0.4 is 10.6 Å². The second-order valence-electron chi connectivity index (χ2n) is 3.79. The molecule has 0 bridgehead atoms. The number of benzene rings is 1. The molecule has 5 heteroatoms. The second-order valence-corrected chi connectivity index (χ2v) is 4.56. The highest BCUT2D eigenvalue weighted by Crippen LogP contribution is 2.27. The minimum absolute atomic E-state index is 0.00461. The van der Waals surface area contributed by atoms with Gasteiger partial charge in [-0.3, -0.25) is 4.79 Å². The minimum atomic E-state index is -0.251. The molecule has 0 fully saturated rings. The van der Waals surface area contributed by atoms with E-state index in [4.69, 9.17) is 0 Å². The third-order valence-electron chi connectivity index (χ3n) is 2.48. The van der Waals surface area contributed by atoms with Crippen molar-refractivity contribution in [3.05, 3.63) is 24.3 Å². The molecule has 17 heavy (non-hydrogen) atoms. The molecule has 1 unspecified atom stereocenters. The van der Waals surface area contributed by atoms with Crippen molar-refractivity contribution >= 4 is 33.3 Å². The van der Waals surface area contributed by atoms with Gasteiger partial charge >= 0.3 is 0 Å². The molecule has 0 aliphatic rings. The summed E-state index contributed by atoms with van der Waals surface area (Å²) < 4.78 is 4.32. The number of fused-ring (bicyclic) bond motifs is 1. The summed E-state index contributed by atoms with van der Waals surface area (Å²) in [5.74, 6) is 0.00461. The van der Waals surface area contributed by atoms with E-state index in [0.29, 0.717) is 6.54 Å². The summed E-state index contributed by atoms with van der Waals surface area (Å²) in [4.78, 5) is 11.6. The Balaban J connectivity index is 2.16. The predicted molar refractivity (Wildman–Crippen MR) is 71.4 cm³/mol. The molecule has 0 saturated carbocycles. The number of hydrogen-bond donors (Lipinski definition) is 2. The lowest BCUT2D eigenvalue weighted by atomic mass is 10.2. The van der Waals surface area contributed by atoms with Crippen LogP contribution in [0.1, 0.15) is 13.8 Å². The zero-order valence-corrected chi connectivity index (χ0v) is 10.7. The molecule has 0 saturated heterocycles. The van der Waals surface area contributed by atoms with Crippen LogP contribution in [-0.2, 0) is 4.79 Å². The molecule has 2 aromatic rings. The summed E-state index contributed by atoms with van der Waals surface area (Å²) >= 11 is 1.39. The number of aromatic nitrogens is 1. The van der Waals surface area contributed by atoms with E-state index in [0.717, 1.165) is 15.9 Å². The fraction of sp³-hybridized carbons (Fsp3) is 0.333. The first kappa shape index (κ1) is 11.9. The van der Waals surface area contributed by atoms with Gasteiger partial charge in [-0.25, -0.2) is 0 Å². The molecule has 90 valence electrons. The summed E-state index contributed by atoms with van der Waals surface area (Å²) in [7, 11) is 0. The summed E-state index contributed by atoms with van der Waals surface area (Å²) in [6.45, 7) is 4.40. The fourth-order valence-electron chi connectivity index (χ4n) is 1.58. The van der Waals surface area contributed by atoms with Gasteiger partial charge in [0, 0.05) is 11.9 Å². The Morgan fingerprint density at radius 3 is 3.00 bits per heavy atom. The molecule has 2 rings (SSSR count). The number of carbonyl (C=O) groups excluding carboxylic acids is 1. The maximum Gasteiger partial charge on any atom is 0.242 e. The molecular weight excluding hydrogens is 234 g/mol. The van der Waals surface area contributed by atoms with Crippen LogP contribution >= 0.6 is 11.5 Å². The van der Waals surface area contributed by atoms with Crippen LogP contribution in [0.2, 0.25) is 0 Å². The van der Waals surface area contributed by atoms with E-state index in [-0.39, 0.29) is 11.9 Å². The molecule has 4 nitrogen and oxygen atoms in total. The lowest BCUT2D eigenvalue weighted by Gasteiger charge is -2.12. The number of likely N-dealkylation sites (N-methyl/N-ethyl adjacent to an activating group) is 1. The monoisotopic (exact) mass is 249 g/mol. The Kier molecular flexibility index (Phi) is 3.58. The van der Waals surface area contributed by atoms with Crippen molar-refractivity contribution in [3.63, 3.8) is 0 Å². The van der Waals surface area contributed by atoms with Crippen molar-refractivity contribution in [1.82, 2.24) is 9.69 Å². The lowest BCUT2D eigenvalue weighted by molar-refractivity contribution is -0.121. The molecule has 1 aromatic carbocycles. The van der Waals surface area contributed by atoms with E-state index in [1.54, 1.807) is 0 Å². The molecule has 1 atom stereocenters. The molecule has 1 aromatic heterocycles. The number of hydrogen-bond acceptors (Lipinski definition) is 4. The topological polar surface area (TPSA) is 54.0 Å². The third-order valence-corrected chi connectivity index (χ3v) is 3.28. The highest BCUT2D eigenvalue weighted by atomic mass is 32.1. The van der Waals surface area contributed by atoms with Crippen molar-refractivity contribution in [1.29, 1.82) is 0 Å². The number of carbonyl (C=O) groups is 1. The number of rotatable bonds is 4. The van der Waals surface area contributed by atoms with Crippen LogP contribution in [0.3, 0.4) is 0 Å². The van der Waals surface area contributed by atoms with Crippen molar-refractivity contribution in [2.75, 3.05) is 11.9 Å².